The molecule has 2 rings (SSSR count). The van der Waals surface area contributed by atoms with Crippen LogP contribution >= 0.6 is 0 Å². The molecule has 0 amide bonds. The Balaban J connectivity index is 2.44. The number of nitrogens with one attached hydrogen (secondary N) is 1. The molecule has 0 saturated heterocycles. The number of fused-ring (bicyclic) bond motifs is 1. The van der Waals surface area contributed by atoms with Crippen LogP contribution in [0.3, 0.4) is 0 Å². The van der Waals surface area contributed by atoms with Crippen molar-refractivity contribution in [2.75, 3.05) is 0 Å². The number of hydrogen-bond acceptors (Lipinski definition) is 1. The van der Waals surface area contributed by atoms with E-state index in [1.54, 1.807) is 0 Å². The summed E-state index contributed by atoms with van der Waals surface area (Å²) in [7, 11) is 0. The van der Waals surface area contributed by atoms with Gasteiger partial charge in [0.2, 0.25) is 0 Å². The predicted molar refractivity (Wildman–Crippen MR) is 46.5 cm³/mol. The van der Waals surface area contributed by atoms with Gasteiger partial charge in [-0.3, -0.25) is 4.99 Å². The van der Waals surface area contributed by atoms with Crippen LogP contribution < -0.4 is 0 Å². The fourth-order valence-electron chi connectivity index (χ4n) is 1.48. The van der Waals surface area contributed by atoms with Crippen LogP contribution in [0.15, 0.2) is 11.1 Å². The first-order valence-corrected chi connectivity index (χ1v) is 3.98. The summed E-state index contributed by atoms with van der Waals surface area (Å²) in [5.74, 6) is 0.584. The van der Waals surface area contributed by atoms with E-state index in [1.807, 2.05) is 6.21 Å². The Morgan fingerprint density at radius 2 is 2.45 bits per heavy atom. The first-order chi connectivity index (χ1) is 5.25. The second-order valence-corrected chi connectivity index (χ2v) is 3.28. The van der Waals surface area contributed by atoms with E-state index in [-0.39, 0.29) is 0 Å². The first-order valence-electron chi connectivity index (χ1n) is 3.98. The highest BCUT2D eigenvalue weighted by Crippen LogP contribution is 2.26. The molecular formula is C9H12N2. The lowest BCUT2D eigenvalue weighted by Gasteiger charge is -2.09. The molecule has 1 atom stereocenters. The maximum absolute atomic E-state index is 4.34. The maximum Gasteiger partial charge on any atom is 0.0835 e. The van der Waals surface area contributed by atoms with Gasteiger partial charge in [-0.25, -0.2) is 0 Å². The van der Waals surface area contributed by atoms with Crippen molar-refractivity contribution in [1.29, 1.82) is 0 Å². The van der Waals surface area contributed by atoms with E-state index in [1.165, 1.54) is 11.4 Å². The van der Waals surface area contributed by atoms with Crippen molar-refractivity contribution in [3.8, 4) is 0 Å². The van der Waals surface area contributed by atoms with Crippen LogP contribution in [0.25, 0.3) is 0 Å². The summed E-state index contributed by atoms with van der Waals surface area (Å²) in [6.45, 7) is 4.25. The third-order valence-electron chi connectivity index (χ3n) is 2.00. The fraction of sp³-hybridized carbons (Fsp3) is 0.444. The number of aromatic nitrogens is 1. The van der Waals surface area contributed by atoms with Crippen molar-refractivity contribution in [2.24, 2.45) is 10.9 Å². The third-order valence-corrected chi connectivity index (χ3v) is 2.00. The van der Waals surface area contributed by atoms with Gasteiger partial charge in [0.25, 0.3) is 0 Å². The zero-order chi connectivity index (χ0) is 7.84. The summed E-state index contributed by atoms with van der Waals surface area (Å²) in [5.41, 5.74) is 3.62. The number of hydrogen-bond donors (Lipinski definition) is 1. The van der Waals surface area contributed by atoms with Crippen molar-refractivity contribution in [1.82, 2.24) is 4.98 Å². The average molecular weight is 148 g/mol. The third kappa shape index (κ3) is 1.09. The lowest BCUT2D eigenvalue weighted by molar-refractivity contribution is 0.753. The van der Waals surface area contributed by atoms with Crippen LogP contribution in [-0.2, 0) is 6.42 Å². The smallest absolute Gasteiger partial charge is 0.0835 e. The molecule has 1 aromatic rings. The minimum atomic E-state index is 0.584. The monoisotopic (exact) mass is 148 g/mol. The van der Waals surface area contributed by atoms with Gasteiger partial charge in [0.15, 0.2) is 0 Å². The van der Waals surface area contributed by atoms with E-state index in [9.17, 15) is 0 Å². The van der Waals surface area contributed by atoms with Gasteiger partial charge in [0.05, 0.1) is 5.69 Å². The Bertz CT molecular complexity index is 297. The Labute approximate surface area is 66.4 Å². The second-order valence-electron chi connectivity index (χ2n) is 3.28. The molecule has 1 aliphatic rings. The van der Waals surface area contributed by atoms with E-state index in [2.05, 4.69) is 29.9 Å². The lowest BCUT2D eigenvalue weighted by atomic mass is 10.0. The Kier molecular flexibility index (Phi) is 1.34. The molecule has 1 aromatic heterocycles. The number of aromatic amines is 1. The van der Waals surface area contributed by atoms with E-state index < -0.39 is 0 Å². The molecule has 58 valence electrons. The Hall–Kier alpha value is -1.05. The Morgan fingerprint density at radius 1 is 1.64 bits per heavy atom. The summed E-state index contributed by atoms with van der Waals surface area (Å²) < 4.78 is 0. The predicted octanol–water partition coefficient (Wildman–Crippen LogP) is 2.22. The molecular weight excluding hydrogens is 136 g/mol. The first kappa shape index (κ1) is 6.65. The molecule has 0 aliphatic carbocycles. The molecule has 2 nitrogen and oxygen atoms in total. The highest BCUT2D eigenvalue weighted by Gasteiger charge is 2.12. The molecule has 0 bridgehead atoms. The van der Waals surface area contributed by atoms with E-state index in [0.717, 1.165) is 12.1 Å². The minimum absolute atomic E-state index is 0.584. The normalized spacial score (nSPS) is 21.8. The lowest BCUT2D eigenvalue weighted by Crippen LogP contribution is -2.05. The molecule has 2 heteroatoms. The summed E-state index contributed by atoms with van der Waals surface area (Å²) in [4.78, 5) is 7.65. The summed E-state index contributed by atoms with van der Waals surface area (Å²) in [6, 6.07) is 2.09. The van der Waals surface area contributed by atoms with Gasteiger partial charge in [-0.05, 0) is 25.3 Å². The van der Waals surface area contributed by atoms with E-state index in [0.29, 0.717) is 5.92 Å². The van der Waals surface area contributed by atoms with Crippen LogP contribution in [0.1, 0.15) is 18.3 Å². The van der Waals surface area contributed by atoms with Crippen molar-refractivity contribution in [2.45, 2.75) is 20.3 Å². The number of aliphatic imine (C=N–C) groups is 1. The highest BCUT2D eigenvalue weighted by atomic mass is 14.8. The van der Waals surface area contributed by atoms with Crippen LogP contribution in [0, 0.1) is 12.8 Å². The van der Waals surface area contributed by atoms with Gasteiger partial charge >= 0.3 is 0 Å². The van der Waals surface area contributed by atoms with Gasteiger partial charge < -0.3 is 4.98 Å². The average Bonchev–Trinajstić information content (AvgIpc) is 2.27. The summed E-state index contributed by atoms with van der Waals surface area (Å²) in [6.07, 6.45) is 3.13. The molecule has 0 fully saturated rings. The Morgan fingerprint density at radius 3 is 3.27 bits per heavy atom. The summed E-state index contributed by atoms with van der Waals surface area (Å²) in [5, 5.41) is 0. The van der Waals surface area contributed by atoms with Gasteiger partial charge in [0.1, 0.15) is 0 Å². The number of nitrogens with zero attached hydrogens (tertiary/aromatic N) is 1. The standard InChI is InChI=1S/C9H12N2/c1-6-3-9-8(10-5-6)4-7(2)11-9/h4-6,11H,3H2,1-2H3. The molecule has 1 N–H and O–H groups in total. The molecule has 11 heavy (non-hydrogen) atoms. The van der Waals surface area contributed by atoms with Crippen molar-refractivity contribution in [3.63, 3.8) is 0 Å². The molecule has 0 radical (unpaired) electrons. The number of aryl methyl sites for hydroxylation is 1. The van der Waals surface area contributed by atoms with Crippen molar-refractivity contribution < 1.29 is 0 Å². The molecule has 1 aliphatic heterocycles. The maximum atomic E-state index is 4.34. The van der Waals surface area contributed by atoms with Gasteiger partial charge in [-0.2, -0.15) is 0 Å². The number of rotatable bonds is 0. The van der Waals surface area contributed by atoms with Crippen molar-refractivity contribution >= 4 is 11.9 Å². The summed E-state index contributed by atoms with van der Waals surface area (Å²) >= 11 is 0. The number of H-pyrrole nitrogens is 1. The fourth-order valence-corrected chi connectivity index (χ4v) is 1.48. The highest BCUT2D eigenvalue weighted by molar-refractivity contribution is 5.70. The molecule has 2 heterocycles. The zero-order valence-electron chi connectivity index (χ0n) is 6.89. The van der Waals surface area contributed by atoms with Gasteiger partial charge in [-0.15, -0.1) is 0 Å². The molecule has 0 spiro atoms. The van der Waals surface area contributed by atoms with Gasteiger partial charge in [-0.1, -0.05) is 6.92 Å². The van der Waals surface area contributed by atoms with Crippen LogP contribution in [-0.4, -0.2) is 11.2 Å². The van der Waals surface area contributed by atoms with E-state index in [4.69, 9.17) is 0 Å². The van der Waals surface area contributed by atoms with Gasteiger partial charge in [0, 0.05) is 17.6 Å². The SMILES string of the molecule is Cc1cc2c([nH]1)CC(C)C=N2. The molecule has 0 aromatic carbocycles. The minimum Gasteiger partial charge on any atom is -0.361 e. The van der Waals surface area contributed by atoms with Crippen LogP contribution in [0.5, 0.6) is 0 Å². The molecule has 1 unspecified atom stereocenters. The van der Waals surface area contributed by atoms with Crippen LogP contribution in [0.2, 0.25) is 0 Å². The zero-order valence-corrected chi connectivity index (χ0v) is 6.89. The largest absolute Gasteiger partial charge is 0.361 e. The van der Waals surface area contributed by atoms with Crippen molar-refractivity contribution in [3.05, 3.63) is 17.5 Å². The van der Waals surface area contributed by atoms with E-state index >= 15 is 0 Å². The second kappa shape index (κ2) is 2.22. The van der Waals surface area contributed by atoms with Crippen LogP contribution in [0.4, 0.5) is 5.69 Å². The molecule has 0 saturated carbocycles. The quantitative estimate of drug-likeness (QED) is 0.584. The topological polar surface area (TPSA) is 28.1 Å².